The standard InChI is InChI=1S/C16H13F17O3/c1-36-8(35)6-4-2-3-5-7(34)9(17,18)10(19,20)11(21,22)12(23,24)13(25,26)14(27,28)15(29,30)16(31,32)33/h2-6H2,1H3. The monoisotopic (exact) mass is 576 g/mol. The van der Waals surface area contributed by atoms with Crippen molar-refractivity contribution in [1.29, 1.82) is 0 Å². The molecule has 0 bridgehead atoms. The maximum Gasteiger partial charge on any atom is 0.460 e. The number of ether oxygens (including phenoxy) is 1. The number of esters is 1. The highest BCUT2D eigenvalue weighted by molar-refractivity contribution is 5.87. The Hall–Kier alpha value is -2.05. The third-order valence-electron chi connectivity index (χ3n) is 4.58. The molecule has 0 aromatic rings. The van der Waals surface area contributed by atoms with E-state index in [0.717, 1.165) is 7.11 Å². The van der Waals surface area contributed by atoms with Crippen molar-refractivity contribution in [3.63, 3.8) is 0 Å². The van der Waals surface area contributed by atoms with Gasteiger partial charge >= 0.3 is 53.6 Å². The van der Waals surface area contributed by atoms with E-state index in [-0.39, 0.29) is 6.42 Å². The predicted molar refractivity (Wildman–Crippen MR) is 80.8 cm³/mol. The molecule has 0 aliphatic rings. The summed E-state index contributed by atoms with van der Waals surface area (Å²) in [5.41, 5.74) is 0. The first-order valence-electron chi connectivity index (χ1n) is 8.94. The minimum atomic E-state index is -8.74. The zero-order valence-electron chi connectivity index (χ0n) is 17.2. The summed E-state index contributed by atoms with van der Waals surface area (Å²) in [6.07, 6.45) is -11.8. The number of ketones is 1. The molecule has 0 saturated carbocycles. The molecule has 0 N–H and O–H groups in total. The Morgan fingerprint density at radius 2 is 0.833 bits per heavy atom. The Morgan fingerprint density at radius 3 is 1.19 bits per heavy atom. The summed E-state index contributed by atoms with van der Waals surface area (Å²) in [5.74, 6) is -62.1. The van der Waals surface area contributed by atoms with E-state index in [1.807, 2.05) is 0 Å². The molecule has 0 radical (unpaired) electrons. The van der Waals surface area contributed by atoms with Crippen molar-refractivity contribution in [3.05, 3.63) is 0 Å². The summed E-state index contributed by atoms with van der Waals surface area (Å²) in [5, 5.41) is 0. The average molecular weight is 576 g/mol. The quantitative estimate of drug-likeness (QED) is 0.140. The summed E-state index contributed by atoms with van der Waals surface area (Å²) in [4.78, 5) is 22.1. The topological polar surface area (TPSA) is 43.4 Å². The maximum absolute atomic E-state index is 13.7. The van der Waals surface area contributed by atoms with E-state index in [2.05, 4.69) is 4.74 Å². The third-order valence-corrected chi connectivity index (χ3v) is 4.58. The number of methoxy groups -OCH3 is 1. The van der Waals surface area contributed by atoms with Crippen LogP contribution >= 0.6 is 0 Å². The second-order valence-corrected chi connectivity index (χ2v) is 7.08. The molecule has 0 fully saturated rings. The lowest BCUT2D eigenvalue weighted by atomic mass is 9.87. The highest BCUT2D eigenvalue weighted by atomic mass is 19.4. The van der Waals surface area contributed by atoms with E-state index < -0.39 is 85.1 Å². The van der Waals surface area contributed by atoms with Crippen molar-refractivity contribution in [2.24, 2.45) is 0 Å². The molecule has 0 aromatic carbocycles. The number of rotatable bonds is 13. The lowest BCUT2D eigenvalue weighted by molar-refractivity contribution is -0.459. The number of hydrogen-bond donors (Lipinski definition) is 0. The van der Waals surface area contributed by atoms with Crippen LogP contribution in [-0.2, 0) is 14.3 Å². The lowest BCUT2D eigenvalue weighted by Gasteiger charge is -2.42. The van der Waals surface area contributed by atoms with E-state index in [4.69, 9.17) is 0 Å². The van der Waals surface area contributed by atoms with E-state index in [1.165, 1.54) is 0 Å². The summed E-state index contributed by atoms with van der Waals surface area (Å²) in [6.45, 7) is 0. The molecule has 0 aliphatic carbocycles. The zero-order chi connectivity index (χ0) is 29.4. The van der Waals surface area contributed by atoms with Gasteiger partial charge in [-0.15, -0.1) is 0 Å². The molecule has 0 amide bonds. The van der Waals surface area contributed by atoms with Gasteiger partial charge in [0.25, 0.3) is 0 Å². The fourth-order valence-corrected chi connectivity index (χ4v) is 2.33. The molecule has 0 aromatic heterocycles. The number of Topliss-reactive ketones (excluding diaryl/α,β-unsaturated/α-hetero) is 1. The Labute approximate surface area is 188 Å². The van der Waals surface area contributed by atoms with E-state index in [9.17, 15) is 84.2 Å². The van der Waals surface area contributed by atoms with Crippen molar-refractivity contribution in [2.75, 3.05) is 7.11 Å². The van der Waals surface area contributed by atoms with Gasteiger partial charge in [-0.05, 0) is 12.8 Å². The fraction of sp³-hybridized carbons (Fsp3) is 0.875. The van der Waals surface area contributed by atoms with Crippen LogP contribution in [0.15, 0.2) is 0 Å². The molecule has 214 valence electrons. The molecule has 36 heavy (non-hydrogen) atoms. The van der Waals surface area contributed by atoms with Crippen LogP contribution in [0, 0.1) is 0 Å². The average Bonchev–Trinajstić information content (AvgIpc) is 2.71. The van der Waals surface area contributed by atoms with Gasteiger partial charge in [0.05, 0.1) is 7.11 Å². The van der Waals surface area contributed by atoms with Crippen LogP contribution in [0.1, 0.15) is 32.1 Å². The predicted octanol–water partition coefficient (Wildman–Crippen LogP) is 6.69. The first-order chi connectivity index (χ1) is 15.6. The van der Waals surface area contributed by atoms with Crippen LogP contribution in [0.4, 0.5) is 74.6 Å². The Bertz CT molecular complexity index is 800. The van der Waals surface area contributed by atoms with Gasteiger partial charge in [-0.25, -0.2) is 0 Å². The number of carbonyl (C=O) groups is 2. The van der Waals surface area contributed by atoms with Gasteiger partial charge in [-0.2, -0.15) is 74.6 Å². The van der Waals surface area contributed by atoms with E-state index >= 15 is 0 Å². The summed E-state index contributed by atoms with van der Waals surface area (Å²) in [7, 11) is 0.911. The van der Waals surface area contributed by atoms with Crippen LogP contribution in [0.5, 0.6) is 0 Å². The van der Waals surface area contributed by atoms with Crippen LogP contribution in [0.2, 0.25) is 0 Å². The molecule has 0 unspecified atom stereocenters. The third kappa shape index (κ3) is 5.17. The molecule has 20 heteroatoms. The number of alkyl halides is 17. The van der Waals surface area contributed by atoms with Gasteiger partial charge < -0.3 is 4.74 Å². The Morgan fingerprint density at radius 1 is 0.500 bits per heavy atom. The molecule has 0 heterocycles. The molecule has 0 saturated heterocycles. The summed E-state index contributed by atoms with van der Waals surface area (Å²) < 4.78 is 227. The Balaban J connectivity index is 6.16. The van der Waals surface area contributed by atoms with Crippen molar-refractivity contribution < 1.29 is 89.0 Å². The van der Waals surface area contributed by atoms with Gasteiger partial charge in [-0.3, -0.25) is 9.59 Å². The minimum Gasteiger partial charge on any atom is -0.469 e. The molecule has 0 rings (SSSR count). The van der Waals surface area contributed by atoms with Gasteiger partial charge in [0.2, 0.25) is 5.78 Å². The smallest absolute Gasteiger partial charge is 0.460 e. The largest absolute Gasteiger partial charge is 0.469 e. The van der Waals surface area contributed by atoms with Crippen LogP contribution in [0.25, 0.3) is 0 Å². The normalized spacial score (nSPS) is 15.2. The SMILES string of the molecule is COC(=O)CCCCCC(=O)C(F)(F)C(F)(F)C(F)(F)C(F)(F)C(F)(F)C(F)(F)C(F)(F)C(F)(F)F. The summed E-state index contributed by atoms with van der Waals surface area (Å²) >= 11 is 0. The molecule has 3 nitrogen and oxygen atoms in total. The zero-order valence-corrected chi connectivity index (χ0v) is 17.2. The maximum atomic E-state index is 13.7. The molecular weight excluding hydrogens is 563 g/mol. The van der Waals surface area contributed by atoms with Gasteiger partial charge in [0.1, 0.15) is 0 Å². The van der Waals surface area contributed by atoms with Crippen LogP contribution in [-0.4, -0.2) is 66.5 Å². The molecule has 0 atom stereocenters. The number of hydrogen-bond acceptors (Lipinski definition) is 3. The van der Waals surface area contributed by atoms with Crippen molar-refractivity contribution in [3.8, 4) is 0 Å². The van der Waals surface area contributed by atoms with Gasteiger partial charge in [0.15, 0.2) is 0 Å². The first kappa shape index (κ1) is 33.9. The number of unbranched alkanes of at least 4 members (excludes halogenated alkanes) is 2. The van der Waals surface area contributed by atoms with Crippen LogP contribution < -0.4 is 0 Å². The highest BCUT2D eigenvalue weighted by Gasteiger charge is 2.95. The molecule has 0 aliphatic heterocycles. The summed E-state index contributed by atoms with van der Waals surface area (Å²) in [6, 6.07) is 0. The van der Waals surface area contributed by atoms with Crippen molar-refractivity contribution in [1.82, 2.24) is 0 Å². The van der Waals surface area contributed by atoms with Gasteiger partial charge in [-0.1, -0.05) is 6.42 Å². The van der Waals surface area contributed by atoms with Gasteiger partial charge in [0, 0.05) is 12.8 Å². The first-order valence-corrected chi connectivity index (χ1v) is 8.94. The van der Waals surface area contributed by atoms with E-state index in [1.54, 1.807) is 0 Å². The van der Waals surface area contributed by atoms with E-state index in [0.29, 0.717) is 0 Å². The Kier molecular flexibility index (Phi) is 9.45. The number of carbonyl (C=O) groups excluding carboxylic acids is 2. The van der Waals surface area contributed by atoms with Crippen molar-refractivity contribution >= 4 is 11.8 Å². The fourth-order valence-electron chi connectivity index (χ4n) is 2.33. The lowest BCUT2D eigenvalue weighted by Crippen LogP contribution is -2.75. The second-order valence-electron chi connectivity index (χ2n) is 7.08. The second kappa shape index (κ2) is 10.0. The minimum absolute atomic E-state index is 0.273. The van der Waals surface area contributed by atoms with Crippen LogP contribution in [0.3, 0.4) is 0 Å². The highest BCUT2D eigenvalue weighted by Crippen LogP contribution is 2.64. The van der Waals surface area contributed by atoms with Crippen molar-refractivity contribution in [2.45, 2.75) is 79.7 Å². The molecular formula is C16H13F17O3. The number of halogens is 17. The molecule has 0 spiro atoms.